The fraction of sp³-hybridized carbons (Fsp3) is 0.240. The molecule has 7 nitrogen and oxygen atoms in total. The van der Waals surface area contributed by atoms with Crippen molar-refractivity contribution in [3.05, 3.63) is 71.8 Å². The number of sulfonamides is 1. The largest absolute Gasteiger partial charge is 0.454 e. The van der Waals surface area contributed by atoms with E-state index in [4.69, 9.17) is 9.47 Å². The first-order chi connectivity index (χ1) is 17.0. The lowest BCUT2D eigenvalue weighted by molar-refractivity contribution is -0.137. The molecule has 0 spiro atoms. The minimum absolute atomic E-state index is 0.0104. The van der Waals surface area contributed by atoms with Gasteiger partial charge in [-0.2, -0.15) is 13.2 Å². The van der Waals surface area contributed by atoms with Gasteiger partial charge in [0.15, 0.2) is 11.5 Å². The molecule has 0 aromatic heterocycles. The number of hydrogen-bond acceptors (Lipinski definition) is 5. The van der Waals surface area contributed by atoms with Crippen molar-refractivity contribution in [3.8, 4) is 22.6 Å². The standard InChI is InChI=1S/C25H21F3N2O5S/c1-29-36(32,33)20-5-2-15(3-6-20)16-10-18(25(26,27)28)12-19(11-16)30-23(31)24(8-9-24)17-4-7-21-22(13-17)35-14-34-21/h2-7,10-13,29H,8-9,14H2,1H3,(H,30,31). The van der Waals surface area contributed by atoms with Crippen molar-refractivity contribution in [3.63, 3.8) is 0 Å². The molecule has 188 valence electrons. The van der Waals surface area contributed by atoms with Gasteiger partial charge in [0.1, 0.15) is 0 Å². The Morgan fingerprint density at radius 3 is 2.25 bits per heavy atom. The van der Waals surface area contributed by atoms with Gasteiger partial charge in [-0.25, -0.2) is 13.1 Å². The van der Waals surface area contributed by atoms with Crippen LogP contribution in [0, 0.1) is 0 Å². The lowest BCUT2D eigenvalue weighted by Crippen LogP contribution is -2.28. The van der Waals surface area contributed by atoms with Crippen LogP contribution in [-0.4, -0.2) is 28.2 Å². The fourth-order valence-corrected chi connectivity index (χ4v) is 4.92. The first-order valence-electron chi connectivity index (χ1n) is 11.0. The van der Waals surface area contributed by atoms with E-state index in [0.29, 0.717) is 35.5 Å². The Bertz CT molecular complexity index is 1450. The number of benzene rings is 3. The second-order valence-corrected chi connectivity index (χ2v) is 10.5. The van der Waals surface area contributed by atoms with Crippen LogP contribution in [0.5, 0.6) is 11.5 Å². The van der Waals surface area contributed by atoms with E-state index in [1.807, 2.05) is 0 Å². The van der Waals surface area contributed by atoms with Crippen molar-refractivity contribution in [2.75, 3.05) is 19.2 Å². The Balaban J connectivity index is 1.46. The Labute approximate surface area is 205 Å². The average Bonchev–Trinajstić information content (AvgIpc) is 3.54. The molecule has 1 heterocycles. The zero-order chi connectivity index (χ0) is 25.7. The summed E-state index contributed by atoms with van der Waals surface area (Å²) in [5.41, 5.74) is -0.555. The number of halogens is 3. The summed E-state index contributed by atoms with van der Waals surface area (Å²) >= 11 is 0. The van der Waals surface area contributed by atoms with Crippen LogP contribution in [0.15, 0.2) is 65.6 Å². The molecule has 2 aliphatic rings. The van der Waals surface area contributed by atoms with E-state index >= 15 is 0 Å². The Morgan fingerprint density at radius 2 is 1.61 bits per heavy atom. The highest BCUT2D eigenvalue weighted by Gasteiger charge is 2.51. The summed E-state index contributed by atoms with van der Waals surface area (Å²) in [6.45, 7) is 0.0901. The summed E-state index contributed by atoms with van der Waals surface area (Å²) < 4.78 is 77.9. The molecule has 1 saturated carbocycles. The Morgan fingerprint density at radius 1 is 0.917 bits per heavy atom. The summed E-state index contributed by atoms with van der Waals surface area (Å²) in [4.78, 5) is 13.2. The van der Waals surface area contributed by atoms with Crippen LogP contribution in [0.25, 0.3) is 11.1 Å². The van der Waals surface area contributed by atoms with Crippen LogP contribution >= 0.6 is 0 Å². The quantitative estimate of drug-likeness (QED) is 0.494. The van der Waals surface area contributed by atoms with Crippen molar-refractivity contribution in [1.82, 2.24) is 4.72 Å². The highest BCUT2D eigenvalue weighted by molar-refractivity contribution is 7.89. The molecule has 1 amide bonds. The smallest absolute Gasteiger partial charge is 0.416 e. The molecule has 11 heteroatoms. The highest BCUT2D eigenvalue weighted by Crippen LogP contribution is 2.51. The molecule has 5 rings (SSSR count). The first kappa shape index (κ1) is 24.1. The maximum absolute atomic E-state index is 13.7. The van der Waals surface area contributed by atoms with Crippen LogP contribution in [0.1, 0.15) is 24.0 Å². The molecule has 3 aromatic carbocycles. The SMILES string of the molecule is CNS(=O)(=O)c1ccc(-c2cc(NC(=O)C3(c4ccc5c(c4)OCO5)CC3)cc(C(F)(F)F)c2)cc1. The van der Waals surface area contributed by atoms with Gasteiger partial charge in [0.05, 0.1) is 15.9 Å². The molecular formula is C25H21F3N2O5S. The molecule has 0 atom stereocenters. The lowest BCUT2D eigenvalue weighted by Gasteiger charge is -2.18. The summed E-state index contributed by atoms with van der Waals surface area (Å²) in [7, 11) is -2.43. The van der Waals surface area contributed by atoms with Crippen LogP contribution < -0.4 is 19.5 Å². The van der Waals surface area contributed by atoms with Gasteiger partial charge >= 0.3 is 6.18 Å². The lowest BCUT2D eigenvalue weighted by atomic mass is 9.94. The highest BCUT2D eigenvalue weighted by atomic mass is 32.2. The molecule has 1 aliphatic heterocycles. The molecule has 0 unspecified atom stereocenters. The molecule has 3 aromatic rings. The van der Waals surface area contributed by atoms with E-state index < -0.39 is 33.1 Å². The number of carbonyl (C=O) groups is 1. The van der Waals surface area contributed by atoms with Crippen molar-refractivity contribution in [2.45, 2.75) is 29.3 Å². The minimum atomic E-state index is -4.65. The summed E-state index contributed by atoms with van der Waals surface area (Å²) in [5, 5.41) is 2.66. The molecule has 0 radical (unpaired) electrons. The number of nitrogens with one attached hydrogen (secondary N) is 2. The molecular weight excluding hydrogens is 497 g/mol. The van der Waals surface area contributed by atoms with E-state index in [9.17, 15) is 26.4 Å². The van der Waals surface area contributed by atoms with Gasteiger partial charge in [0.2, 0.25) is 22.7 Å². The molecule has 0 saturated heterocycles. The molecule has 0 bridgehead atoms. The van der Waals surface area contributed by atoms with Gasteiger partial charge in [-0.05, 0) is 79.0 Å². The third-order valence-corrected chi connectivity index (χ3v) is 7.82. The van der Waals surface area contributed by atoms with Crippen LogP contribution in [0.2, 0.25) is 0 Å². The Hall–Kier alpha value is -3.57. The third-order valence-electron chi connectivity index (χ3n) is 6.39. The number of anilines is 1. The van der Waals surface area contributed by atoms with E-state index in [2.05, 4.69) is 10.0 Å². The zero-order valence-electron chi connectivity index (χ0n) is 19.0. The van der Waals surface area contributed by atoms with Gasteiger partial charge in [-0.1, -0.05) is 18.2 Å². The summed E-state index contributed by atoms with van der Waals surface area (Å²) in [6, 6.07) is 13.9. The van der Waals surface area contributed by atoms with Crippen LogP contribution in [0.4, 0.5) is 18.9 Å². The fourth-order valence-electron chi connectivity index (χ4n) is 4.19. The molecule has 1 aliphatic carbocycles. The summed E-state index contributed by atoms with van der Waals surface area (Å²) in [5.74, 6) is 0.685. The number of carbonyl (C=O) groups excluding carboxylic acids is 1. The van der Waals surface area contributed by atoms with Crippen LogP contribution in [0.3, 0.4) is 0 Å². The van der Waals surface area contributed by atoms with E-state index in [1.165, 1.54) is 37.4 Å². The molecule has 36 heavy (non-hydrogen) atoms. The number of fused-ring (bicyclic) bond motifs is 1. The summed E-state index contributed by atoms with van der Waals surface area (Å²) in [6.07, 6.45) is -3.56. The Kier molecular flexibility index (Phi) is 5.72. The number of alkyl halides is 3. The zero-order valence-corrected chi connectivity index (χ0v) is 19.8. The predicted octanol–water partition coefficient (Wildman–Crippen LogP) is 4.68. The topological polar surface area (TPSA) is 93.7 Å². The van der Waals surface area contributed by atoms with E-state index in [-0.39, 0.29) is 22.9 Å². The van der Waals surface area contributed by atoms with Crippen LogP contribution in [-0.2, 0) is 26.4 Å². The van der Waals surface area contributed by atoms with E-state index in [0.717, 1.165) is 12.1 Å². The van der Waals surface area contributed by atoms with Gasteiger partial charge in [-0.3, -0.25) is 4.79 Å². The van der Waals surface area contributed by atoms with Gasteiger partial charge < -0.3 is 14.8 Å². The number of amides is 1. The van der Waals surface area contributed by atoms with Gasteiger partial charge in [-0.15, -0.1) is 0 Å². The average molecular weight is 519 g/mol. The second-order valence-electron chi connectivity index (χ2n) is 8.63. The normalized spacial score (nSPS) is 16.0. The number of ether oxygens (including phenoxy) is 2. The molecule has 2 N–H and O–H groups in total. The van der Waals surface area contributed by atoms with Crippen molar-refractivity contribution < 1.29 is 35.9 Å². The minimum Gasteiger partial charge on any atom is -0.454 e. The van der Waals surface area contributed by atoms with Crippen molar-refractivity contribution in [2.24, 2.45) is 0 Å². The monoisotopic (exact) mass is 518 g/mol. The maximum atomic E-state index is 13.7. The van der Waals surface area contributed by atoms with Gasteiger partial charge in [0, 0.05) is 5.69 Å². The first-order valence-corrected chi connectivity index (χ1v) is 12.5. The van der Waals surface area contributed by atoms with Crippen molar-refractivity contribution in [1.29, 1.82) is 0 Å². The molecule has 1 fully saturated rings. The van der Waals surface area contributed by atoms with Crippen molar-refractivity contribution >= 4 is 21.6 Å². The predicted molar refractivity (Wildman–Crippen MR) is 125 cm³/mol. The van der Waals surface area contributed by atoms with E-state index in [1.54, 1.807) is 18.2 Å². The number of rotatable bonds is 6. The second kappa shape index (κ2) is 8.52. The third kappa shape index (κ3) is 4.40. The maximum Gasteiger partial charge on any atom is 0.416 e. The van der Waals surface area contributed by atoms with Gasteiger partial charge in [0.25, 0.3) is 0 Å². The number of hydrogen-bond donors (Lipinski definition) is 2.